The molecule has 3 amide bonds. The van der Waals surface area contributed by atoms with Gasteiger partial charge in [0.25, 0.3) is 11.8 Å². The second kappa shape index (κ2) is 10.9. The highest BCUT2D eigenvalue weighted by Crippen LogP contribution is 2.37. The summed E-state index contributed by atoms with van der Waals surface area (Å²) in [5.41, 5.74) is 13.9. The first-order valence-corrected chi connectivity index (χ1v) is 13.0. The summed E-state index contributed by atoms with van der Waals surface area (Å²) in [5.74, 6) is -2.00. The first-order valence-electron chi connectivity index (χ1n) is 13.0. The van der Waals surface area contributed by atoms with Crippen LogP contribution in [0.15, 0.2) is 42.5 Å². The first kappa shape index (κ1) is 27.1. The number of nitrogen functional groups attached to an aromatic ring is 1. The van der Waals surface area contributed by atoms with E-state index in [-0.39, 0.29) is 41.2 Å². The minimum absolute atomic E-state index is 0.0839. The Hall–Kier alpha value is -4.48. The van der Waals surface area contributed by atoms with E-state index in [0.717, 1.165) is 11.6 Å². The number of rotatable bonds is 8. The van der Waals surface area contributed by atoms with Crippen LogP contribution in [-0.2, 0) is 11.3 Å². The van der Waals surface area contributed by atoms with Gasteiger partial charge in [-0.1, -0.05) is 24.3 Å². The van der Waals surface area contributed by atoms with Crippen LogP contribution in [0.3, 0.4) is 0 Å². The highest BCUT2D eigenvalue weighted by Gasteiger charge is 2.46. The van der Waals surface area contributed by atoms with Crippen molar-refractivity contribution >= 4 is 23.5 Å². The van der Waals surface area contributed by atoms with Crippen molar-refractivity contribution in [1.82, 2.24) is 20.0 Å². The van der Waals surface area contributed by atoms with Gasteiger partial charge in [0.05, 0.1) is 24.6 Å². The predicted molar refractivity (Wildman–Crippen MR) is 143 cm³/mol. The van der Waals surface area contributed by atoms with Gasteiger partial charge in [-0.3, -0.25) is 14.4 Å². The second-order valence-corrected chi connectivity index (χ2v) is 10.1. The first-order chi connectivity index (χ1) is 19.2. The number of alkyl halides is 1. The Morgan fingerprint density at radius 3 is 2.40 bits per heavy atom. The van der Waals surface area contributed by atoms with Crippen molar-refractivity contribution in [2.24, 2.45) is 11.7 Å². The number of halogens is 2. The van der Waals surface area contributed by atoms with Crippen molar-refractivity contribution < 1.29 is 27.9 Å². The molecule has 2 atom stereocenters. The number of carbonyl (C=O) groups is 3. The Kier molecular flexibility index (Phi) is 7.42. The van der Waals surface area contributed by atoms with Gasteiger partial charge in [0.1, 0.15) is 34.8 Å². The minimum atomic E-state index is -1.03. The molecule has 0 radical (unpaired) electrons. The van der Waals surface area contributed by atoms with E-state index in [1.807, 2.05) is 0 Å². The lowest BCUT2D eigenvalue weighted by Crippen LogP contribution is -2.40. The second-order valence-electron chi connectivity index (χ2n) is 10.1. The van der Waals surface area contributed by atoms with Crippen molar-refractivity contribution in [2.45, 2.75) is 38.0 Å². The van der Waals surface area contributed by atoms with Crippen molar-refractivity contribution in [3.8, 4) is 17.0 Å². The van der Waals surface area contributed by atoms with Gasteiger partial charge in [-0.2, -0.15) is 5.10 Å². The number of ether oxygens (including phenoxy) is 1. The average Bonchev–Trinajstić information content (AvgIpc) is 3.59. The summed E-state index contributed by atoms with van der Waals surface area (Å²) >= 11 is 0. The molecular weight excluding hydrogens is 522 g/mol. The molecule has 12 heteroatoms. The molecule has 5 rings (SSSR count). The summed E-state index contributed by atoms with van der Waals surface area (Å²) in [4.78, 5) is 39.0. The standard InChI is InChI=1S/C28H30F2N6O4/c1-40-22-7-6-17(29)12-20(22)27(38)33-14-15-2-4-16(5-3-15)24-23(26(32)37)25(31)36(34-24)18-8-10-35(11-9-18)28(39)19-13-21(19)30/h2-7,12,18-19,21H,8-11,13-14,31H2,1H3,(H2,32,37)(H,33,38)/t19-,21+/m0/s1. The van der Waals surface area contributed by atoms with Gasteiger partial charge >= 0.3 is 0 Å². The fraction of sp³-hybridized carbons (Fsp3) is 0.357. The molecule has 1 saturated heterocycles. The number of piperidine rings is 1. The molecule has 0 bridgehead atoms. The van der Waals surface area contributed by atoms with E-state index in [9.17, 15) is 23.2 Å². The summed E-state index contributed by atoms with van der Waals surface area (Å²) in [6, 6.07) is 10.6. The van der Waals surface area contributed by atoms with E-state index in [0.29, 0.717) is 43.6 Å². The Balaban J connectivity index is 1.28. The van der Waals surface area contributed by atoms with Crippen molar-refractivity contribution in [2.75, 3.05) is 25.9 Å². The lowest BCUT2D eigenvalue weighted by atomic mass is 10.0. The predicted octanol–water partition coefficient (Wildman–Crippen LogP) is 2.83. The maximum atomic E-state index is 13.6. The maximum Gasteiger partial charge on any atom is 0.255 e. The summed E-state index contributed by atoms with van der Waals surface area (Å²) in [6.07, 6.45) is 0.386. The molecule has 40 heavy (non-hydrogen) atoms. The zero-order valence-electron chi connectivity index (χ0n) is 21.9. The van der Waals surface area contributed by atoms with Crippen LogP contribution < -0.4 is 21.5 Å². The largest absolute Gasteiger partial charge is 0.496 e. The normalized spacial score (nSPS) is 18.8. The number of nitrogens with zero attached hydrogens (tertiary/aromatic N) is 3. The molecule has 0 spiro atoms. The molecule has 0 unspecified atom stereocenters. The van der Waals surface area contributed by atoms with Gasteiger partial charge in [-0.05, 0) is 43.0 Å². The van der Waals surface area contributed by atoms with E-state index in [2.05, 4.69) is 10.4 Å². The minimum Gasteiger partial charge on any atom is -0.496 e. The molecule has 1 saturated carbocycles. The van der Waals surface area contributed by atoms with Crippen LogP contribution >= 0.6 is 0 Å². The number of amides is 3. The molecule has 10 nitrogen and oxygen atoms in total. The summed E-state index contributed by atoms with van der Waals surface area (Å²) in [7, 11) is 1.40. The van der Waals surface area contributed by atoms with Gasteiger partial charge < -0.3 is 26.4 Å². The SMILES string of the molecule is COc1ccc(F)cc1C(=O)NCc1ccc(-c2nn(C3CCN(C(=O)[C@H]4C[C@H]4F)CC3)c(N)c2C(N)=O)cc1. The molecule has 2 aromatic carbocycles. The zero-order chi connectivity index (χ0) is 28.6. The summed E-state index contributed by atoms with van der Waals surface area (Å²) < 4.78 is 33.7. The summed E-state index contributed by atoms with van der Waals surface area (Å²) in [5, 5.41) is 7.37. The average molecular weight is 553 g/mol. The highest BCUT2D eigenvalue weighted by molar-refractivity contribution is 6.03. The fourth-order valence-electron chi connectivity index (χ4n) is 5.07. The van der Waals surface area contributed by atoms with E-state index < -0.39 is 29.7 Å². The Labute approximate surface area is 229 Å². The van der Waals surface area contributed by atoms with Crippen molar-refractivity contribution in [3.05, 3.63) is 65.0 Å². The molecule has 2 aliphatic rings. The number of nitrogens with one attached hydrogen (secondary N) is 1. The molecular formula is C28H30F2N6O4. The van der Waals surface area contributed by atoms with E-state index >= 15 is 0 Å². The Morgan fingerprint density at radius 2 is 1.80 bits per heavy atom. The Morgan fingerprint density at radius 1 is 1.12 bits per heavy atom. The number of benzene rings is 2. The number of primary amides is 1. The van der Waals surface area contributed by atoms with Crippen molar-refractivity contribution in [3.63, 3.8) is 0 Å². The van der Waals surface area contributed by atoms with Crippen LogP contribution in [0, 0.1) is 11.7 Å². The number of anilines is 1. The molecule has 1 aliphatic carbocycles. The van der Waals surface area contributed by atoms with Crippen LogP contribution in [-0.4, -0.2) is 58.8 Å². The van der Waals surface area contributed by atoms with Gasteiger partial charge in [0.2, 0.25) is 5.91 Å². The number of carbonyl (C=O) groups excluding carboxylic acids is 3. The van der Waals surface area contributed by atoms with Crippen LogP contribution in [0.2, 0.25) is 0 Å². The lowest BCUT2D eigenvalue weighted by Gasteiger charge is -2.32. The van der Waals surface area contributed by atoms with E-state index in [1.54, 1.807) is 33.8 Å². The maximum absolute atomic E-state index is 13.6. The topological polar surface area (TPSA) is 146 Å². The lowest BCUT2D eigenvalue weighted by molar-refractivity contribution is -0.134. The number of nitrogens with two attached hydrogens (primary N) is 2. The molecule has 210 valence electrons. The molecule has 1 aliphatic heterocycles. The highest BCUT2D eigenvalue weighted by atomic mass is 19.1. The third-order valence-electron chi connectivity index (χ3n) is 7.43. The number of likely N-dealkylation sites (tertiary alicyclic amines) is 1. The third kappa shape index (κ3) is 5.33. The van der Waals surface area contributed by atoms with Crippen LogP contribution in [0.5, 0.6) is 5.75 Å². The number of aromatic nitrogens is 2. The molecule has 2 heterocycles. The smallest absolute Gasteiger partial charge is 0.255 e. The van der Waals surface area contributed by atoms with Gasteiger partial charge in [0.15, 0.2) is 0 Å². The van der Waals surface area contributed by atoms with Gasteiger partial charge in [0, 0.05) is 25.2 Å². The quantitative estimate of drug-likeness (QED) is 0.392. The molecule has 2 fully saturated rings. The Bertz CT molecular complexity index is 1450. The van der Waals surface area contributed by atoms with Gasteiger partial charge in [-0.15, -0.1) is 0 Å². The summed E-state index contributed by atoms with van der Waals surface area (Å²) in [6.45, 7) is 1.07. The number of hydrogen-bond donors (Lipinski definition) is 3. The van der Waals surface area contributed by atoms with Gasteiger partial charge in [-0.25, -0.2) is 13.5 Å². The monoisotopic (exact) mass is 552 g/mol. The molecule has 3 aromatic rings. The van der Waals surface area contributed by atoms with E-state index in [1.165, 1.54) is 19.2 Å². The van der Waals surface area contributed by atoms with E-state index in [4.69, 9.17) is 16.2 Å². The van der Waals surface area contributed by atoms with Crippen LogP contribution in [0.25, 0.3) is 11.3 Å². The fourth-order valence-corrected chi connectivity index (χ4v) is 5.07. The molecule has 5 N–H and O–H groups in total. The third-order valence-corrected chi connectivity index (χ3v) is 7.43. The number of hydrogen-bond acceptors (Lipinski definition) is 6. The zero-order valence-corrected chi connectivity index (χ0v) is 21.9. The van der Waals surface area contributed by atoms with Crippen molar-refractivity contribution in [1.29, 1.82) is 0 Å². The molecule has 1 aromatic heterocycles. The van der Waals surface area contributed by atoms with Crippen LogP contribution in [0.4, 0.5) is 14.6 Å². The van der Waals surface area contributed by atoms with Crippen LogP contribution in [0.1, 0.15) is 51.6 Å². The number of methoxy groups -OCH3 is 1.